The van der Waals surface area contributed by atoms with Crippen molar-refractivity contribution in [1.29, 1.82) is 0 Å². The second-order valence-corrected chi connectivity index (χ2v) is 6.05. The molecule has 0 bridgehead atoms. The lowest BCUT2D eigenvalue weighted by Gasteiger charge is -2.26. The zero-order valence-corrected chi connectivity index (χ0v) is 12.8. The van der Waals surface area contributed by atoms with Gasteiger partial charge in [0.25, 0.3) is 0 Å². The Labute approximate surface area is 117 Å². The Balaban J connectivity index is 0.000000191. The van der Waals surface area contributed by atoms with Gasteiger partial charge in [-0.2, -0.15) is 0 Å². The van der Waals surface area contributed by atoms with Gasteiger partial charge in [-0.1, -0.05) is 0 Å². The maximum atomic E-state index is 10.9. The van der Waals surface area contributed by atoms with Crippen LogP contribution < -0.4 is 0 Å². The van der Waals surface area contributed by atoms with E-state index in [2.05, 4.69) is 23.9 Å². The molecule has 2 fully saturated rings. The van der Waals surface area contributed by atoms with Gasteiger partial charge in [-0.15, -0.1) is 0 Å². The summed E-state index contributed by atoms with van der Waals surface area (Å²) < 4.78 is 0. The summed E-state index contributed by atoms with van der Waals surface area (Å²) in [7, 11) is 4.17. The van der Waals surface area contributed by atoms with Gasteiger partial charge in [-0.3, -0.25) is 9.59 Å². The molecule has 4 heteroatoms. The van der Waals surface area contributed by atoms with Crippen molar-refractivity contribution in [3.8, 4) is 0 Å². The minimum atomic E-state index is 0.329. The van der Waals surface area contributed by atoms with Crippen molar-refractivity contribution < 1.29 is 9.59 Å². The Hall–Kier alpha value is -0.740. The van der Waals surface area contributed by atoms with E-state index in [1.807, 2.05) is 0 Å². The van der Waals surface area contributed by atoms with Crippen LogP contribution in [-0.2, 0) is 9.59 Å². The molecular weight excluding hydrogens is 240 g/mol. The maximum Gasteiger partial charge on any atom is 0.134 e. The molecule has 2 aliphatic rings. The van der Waals surface area contributed by atoms with Crippen LogP contribution >= 0.6 is 0 Å². The van der Waals surface area contributed by atoms with Gasteiger partial charge >= 0.3 is 0 Å². The fourth-order valence-electron chi connectivity index (χ4n) is 2.68. The van der Waals surface area contributed by atoms with Crippen LogP contribution in [-0.4, -0.2) is 61.6 Å². The second kappa shape index (κ2) is 7.75. The first kappa shape index (κ1) is 16.3. The van der Waals surface area contributed by atoms with Crippen LogP contribution in [0.3, 0.4) is 0 Å². The molecule has 2 aliphatic heterocycles. The second-order valence-electron chi connectivity index (χ2n) is 6.05. The minimum absolute atomic E-state index is 0.329. The Morgan fingerprint density at radius 3 is 1.53 bits per heavy atom. The van der Waals surface area contributed by atoms with Crippen LogP contribution in [0.1, 0.15) is 33.1 Å². The third-order valence-corrected chi connectivity index (χ3v) is 4.26. The molecule has 1 unspecified atom stereocenters. The normalized spacial score (nSPS) is 25.8. The Morgan fingerprint density at radius 1 is 0.789 bits per heavy atom. The molecule has 1 atom stereocenters. The Kier molecular flexibility index (Phi) is 6.66. The van der Waals surface area contributed by atoms with Crippen LogP contribution in [0.15, 0.2) is 0 Å². The molecule has 0 amide bonds. The summed E-state index contributed by atoms with van der Waals surface area (Å²) >= 11 is 0. The predicted octanol–water partition coefficient (Wildman–Crippen LogP) is 1.44. The molecule has 4 nitrogen and oxygen atoms in total. The molecule has 0 aromatic rings. The highest BCUT2D eigenvalue weighted by Gasteiger charge is 2.22. The molecule has 0 aromatic heterocycles. The summed E-state index contributed by atoms with van der Waals surface area (Å²) in [5, 5.41) is 0. The monoisotopic (exact) mass is 268 g/mol. The van der Waals surface area contributed by atoms with E-state index < -0.39 is 0 Å². The number of nitrogens with zero attached hydrogens (tertiary/aromatic N) is 2. The van der Waals surface area contributed by atoms with E-state index in [-0.39, 0.29) is 0 Å². The number of carbonyl (C=O) groups excluding carboxylic acids is 2. The van der Waals surface area contributed by atoms with E-state index in [1.54, 1.807) is 13.8 Å². The Bertz CT molecular complexity index is 309. The van der Waals surface area contributed by atoms with Crippen LogP contribution in [0.4, 0.5) is 0 Å². The summed E-state index contributed by atoms with van der Waals surface area (Å²) in [4.78, 5) is 26.1. The first-order valence-electron chi connectivity index (χ1n) is 7.28. The highest BCUT2D eigenvalue weighted by Crippen LogP contribution is 2.16. The molecule has 2 saturated heterocycles. The van der Waals surface area contributed by atoms with Crippen molar-refractivity contribution >= 4 is 11.6 Å². The summed E-state index contributed by atoms with van der Waals surface area (Å²) in [5.41, 5.74) is 0. The number of hydrogen-bond donors (Lipinski definition) is 0. The Morgan fingerprint density at radius 2 is 1.21 bits per heavy atom. The molecule has 0 radical (unpaired) electrons. The smallest absolute Gasteiger partial charge is 0.134 e. The van der Waals surface area contributed by atoms with Gasteiger partial charge in [0.1, 0.15) is 11.6 Å². The van der Waals surface area contributed by atoms with Crippen LogP contribution in [0.25, 0.3) is 0 Å². The van der Waals surface area contributed by atoms with Gasteiger partial charge in [0.2, 0.25) is 0 Å². The molecule has 0 saturated carbocycles. The molecule has 19 heavy (non-hydrogen) atoms. The van der Waals surface area contributed by atoms with Gasteiger partial charge in [-0.25, -0.2) is 0 Å². The van der Waals surface area contributed by atoms with Crippen molar-refractivity contribution in [1.82, 2.24) is 9.80 Å². The average molecular weight is 268 g/mol. The van der Waals surface area contributed by atoms with Crippen LogP contribution in [0, 0.1) is 11.8 Å². The number of Topliss-reactive ketones (excluding diaryl/α,β-unsaturated/α-hetero) is 2. The SMILES string of the molecule is CC(=O)C1CCN(C)C1.CC(=O)C1CCN(C)CC1. The zero-order chi connectivity index (χ0) is 14.4. The number of ketones is 2. The van der Waals surface area contributed by atoms with Crippen LogP contribution in [0.2, 0.25) is 0 Å². The van der Waals surface area contributed by atoms with Crippen molar-refractivity contribution in [3.63, 3.8) is 0 Å². The molecular formula is C15H28N2O2. The van der Waals surface area contributed by atoms with Crippen molar-refractivity contribution in [2.24, 2.45) is 11.8 Å². The molecule has 2 heterocycles. The first-order chi connectivity index (χ1) is 8.90. The number of piperidine rings is 1. The molecule has 0 aliphatic carbocycles. The van der Waals surface area contributed by atoms with Gasteiger partial charge in [-0.05, 0) is 66.8 Å². The fraction of sp³-hybridized carbons (Fsp3) is 0.867. The van der Waals surface area contributed by atoms with E-state index in [0.29, 0.717) is 23.4 Å². The standard InChI is InChI=1S/C8H15NO.C7H13NO/c1-7(10)8-3-5-9(2)6-4-8;1-6(9)7-3-4-8(2)5-7/h8H,3-6H2,1-2H3;7H,3-5H2,1-2H3. The van der Waals surface area contributed by atoms with Gasteiger partial charge < -0.3 is 9.80 Å². The lowest BCUT2D eigenvalue weighted by molar-refractivity contribution is -0.122. The van der Waals surface area contributed by atoms with Crippen LogP contribution in [0.5, 0.6) is 0 Å². The third kappa shape index (κ3) is 5.83. The number of hydrogen-bond acceptors (Lipinski definition) is 4. The highest BCUT2D eigenvalue weighted by molar-refractivity contribution is 5.78. The molecule has 110 valence electrons. The summed E-state index contributed by atoms with van der Waals surface area (Å²) in [6.07, 6.45) is 3.18. The van der Waals surface area contributed by atoms with Crippen molar-refractivity contribution in [3.05, 3.63) is 0 Å². The average Bonchev–Trinajstić information content (AvgIpc) is 2.77. The largest absolute Gasteiger partial charge is 0.306 e. The molecule has 0 spiro atoms. The summed E-state index contributed by atoms with van der Waals surface area (Å²) in [6, 6.07) is 0. The number of rotatable bonds is 2. The first-order valence-corrected chi connectivity index (χ1v) is 7.28. The van der Waals surface area contributed by atoms with E-state index in [0.717, 1.165) is 45.4 Å². The lowest BCUT2D eigenvalue weighted by Crippen LogP contribution is -2.32. The molecule has 0 N–H and O–H groups in total. The quantitative estimate of drug-likeness (QED) is 0.760. The molecule has 2 rings (SSSR count). The number of carbonyl (C=O) groups is 2. The van der Waals surface area contributed by atoms with Gasteiger partial charge in [0.15, 0.2) is 0 Å². The van der Waals surface area contributed by atoms with E-state index in [9.17, 15) is 9.59 Å². The van der Waals surface area contributed by atoms with Gasteiger partial charge in [0.05, 0.1) is 0 Å². The summed E-state index contributed by atoms with van der Waals surface area (Å²) in [5.74, 6) is 1.40. The lowest BCUT2D eigenvalue weighted by atomic mass is 9.94. The maximum absolute atomic E-state index is 10.9. The van der Waals surface area contributed by atoms with E-state index in [4.69, 9.17) is 0 Å². The van der Waals surface area contributed by atoms with Crippen molar-refractivity contribution in [2.75, 3.05) is 40.3 Å². The molecule has 0 aromatic carbocycles. The summed E-state index contributed by atoms with van der Waals surface area (Å²) in [6.45, 7) is 7.62. The zero-order valence-electron chi connectivity index (χ0n) is 12.8. The number of likely N-dealkylation sites (tertiary alicyclic amines) is 2. The third-order valence-electron chi connectivity index (χ3n) is 4.26. The predicted molar refractivity (Wildman–Crippen MR) is 77.2 cm³/mol. The van der Waals surface area contributed by atoms with E-state index in [1.165, 1.54) is 0 Å². The van der Waals surface area contributed by atoms with E-state index >= 15 is 0 Å². The van der Waals surface area contributed by atoms with Gasteiger partial charge in [0, 0.05) is 18.4 Å². The fourth-order valence-corrected chi connectivity index (χ4v) is 2.68. The van der Waals surface area contributed by atoms with Crippen molar-refractivity contribution in [2.45, 2.75) is 33.1 Å². The topological polar surface area (TPSA) is 40.6 Å². The highest BCUT2D eigenvalue weighted by atomic mass is 16.1. The minimum Gasteiger partial charge on any atom is -0.306 e.